The molecule has 0 aliphatic rings. The van der Waals surface area contributed by atoms with Gasteiger partial charge in [-0.05, 0) is 35.9 Å². The molecule has 0 aliphatic heterocycles. The number of aromatic nitrogens is 2. The van der Waals surface area contributed by atoms with Crippen molar-refractivity contribution in [2.75, 3.05) is 5.32 Å². The van der Waals surface area contributed by atoms with Crippen LogP contribution in [0.25, 0.3) is 0 Å². The van der Waals surface area contributed by atoms with Gasteiger partial charge in [-0.15, -0.1) is 0 Å². The van der Waals surface area contributed by atoms with E-state index in [-0.39, 0.29) is 16.6 Å². The van der Waals surface area contributed by atoms with Crippen LogP contribution in [0.3, 0.4) is 0 Å². The number of anilines is 2. The molecule has 8 heteroatoms. The van der Waals surface area contributed by atoms with Crippen LogP contribution in [-0.4, -0.2) is 15.9 Å². The first-order valence-electron chi connectivity index (χ1n) is 7.58. The fourth-order valence-corrected chi connectivity index (χ4v) is 2.45. The molecule has 0 fully saturated rings. The standard InChI is InChI=1S/C18H13Cl2FN4O/c19-12-3-1-11(2-4-12)9-22-18(26)16-8-17(24-10-23-16)25-13-5-6-15(21)14(20)7-13/h1-8,10H,9H2,(H,22,26)(H,23,24,25). The Kier molecular flexibility index (Phi) is 5.65. The number of nitrogens with one attached hydrogen (secondary N) is 2. The van der Waals surface area contributed by atoms with Crippen LogP contribution in [0.2, 0.25) is 10.0 Å². The van der Waals surface area contributed by atoms with Crippen LogP contribution in [0.5, 0.6) is 0 Å². The van der Waals surface area contributed by atoms with Gasteiger partial charge in [0.15, 0.2) is 0 Å². The van der Waals surface area contributed by atoms with Crippen molar-refractivity contribution in [1.29, 1.82) is 0 Å². The Hall–Kier alpha value is -2.70. The van der Waals surface area contributed by atoms with Crippen molar-refractivity contribution in [3.05, 3.63) is 82.0 Å². The SMILES string of the molecule is O=C(NCc1ccc(Cl)cc1)c1cc(Nc2ccc(F)c(Cl)c2)ncn1. The van der Waals surface area contributed by atoms with E-state index < -0.39 is 5.82 Å². The lowest BCUT2D eigenvalue weighted by atomic mass is 10.2. The molecule has 0 radical (unpaired) electrons. The number of amides is 1. The summed E-state index contributed by atoms with van der Waals surface area (Å²) in [5.41, 5.74) is 1.66. The number of nitrogens with zero attached hydrogens (tertiary/aromatic N) is 2. The summed E-state index contributed by atoms with van der Waals surface area (Å²) in [6.45, 7) is 0.344. The van der Waals surface area contributed by atoms with Crippen LogP contribution in [0.15, 0.2) is 54.9 Å². The summed E-state index contributed by atoms with van der Waals surface area (Å²) in [5.74, 6) is -0.468. The van der Waals surface area contributed by atoms with Crippen molar-refractivity contribution < 1.29 is 9.18 Å². The molecule has 0 saturated heterocycles. The van der Waals surface area contributed by atoms with Crippen LogP contribution in [0, 0.1) is 5.82 Å². The molecule has 0 atom stereocenters. The summed E-state index contributed by atoms with van der Waals surface area (Å²) < 4.78 is 13.2. The monoisotopic (exact) mass is 390 g/mol. The first-order valence-corrected chi connectivity index (χ1v) is 8.33. The molecule has 0 saturated carbocycles. The minimum absolute atomic E-state index is 0.00927. The molecule has 1 aromatic heterocycles. The van der Waals surface area contributed by atoms with Crippen molar-refractivity contribution >= 4 is 40.6 Å². The van der Waals surface area contributed by atoms with E-state index in [1.54, 1.807) is 12.1 Å². The molecule has 3 rings (SSSR count). The van der Waals surface area contributed by atoms with Crippen LogP contribution in [0.1, 0.15) is 16.1 Å². The molecular formula is C18H13Cl2FN4O. The highest BCUT2D eigenvalue weighted by Crippen LogP contribution is 2.22. The van der Waals surface area contributed by atoms with Crippen LogP contribution < -0.4 is 10.6 Å². The average Bonchev–Trinajstić information content (AvgIpc) is 2.64. The molecular weight excluding hydrogens is 378 g/mol. The molecule has 5 nitrogen and oxygen atoms in total. The maximum Gasteiger partial charge on any atom is 0.270 e. The van der Waals surface area contributed by atoms with Gasteiger partial charge < -0.3 is 10.6 Å². The maximum atomic E-state index is 13.2. The van der Waals surface area contributed by atoms with Crippen molar-refractivity contribution in [1.82, 2.24) is 15.3 Å². The molecule has 2 N–H and O–H groups in total. The van der Waals surface area contributed by atoms with E-state index in [9.17, 15) is 9.18 Å². The molecule has 132 valence electrons. The quantitative estimate of drug-likeness (QED) is 0.668. The number of carbonyl (C=O) groups is 1. The normalized spacial score (nSPS) is 10.4. The van der Waals surface area contributed by atoms with E-state index in [2.05, 4.69) is 20.6 Å². The van der Waals surface area contributed by atoms with E-state index in [1.807, 2.05) is 12.1 Å². The van der Waals surface area contributed by atoms with Gasteiger partial charge in [0.25, 0.3) is 5.91 Å². The number of rotatable bonds is 5. The molecule has 3 aromatic rings. The minimum Gasteiger partial charge on any atom is -0.347 e. The average molecular weight is 391 g/mol. The third-order valence-electron chi connectivity index (χ3n) is 3.46. The summed E-state index contributed by atoms with van der Waals surface area (Å²) >= 11 is 11.6. The second kappa shape index (κ2) is 8.12. The van der Waals surface area contributed by atoms with Gasteiger partial charge in [-0.1, -0.05) is 35.3 Å². The molecule has 0 spiro atoms. The Morgan fingerprint density at radius 1 is 1.04 bits per heavy atom. The predicted molar refractivity (Wildman–Crippen MR) is 99.3 cm³/mol. The summed E-state index contributed by atoms with van der Waals surface area (Å²) in [5, 5.41) is 6.34. The molecule has 0 unspecified atom stereocenters. The van der Waals surface area contributed by atoms with Gasteiger partial charge in [0.1, 0.15) is 23.7 Å². The van der Waals surface area contributed by atoms with E-state index in [1.165, 1.54) is 30.6 Å². The first-order chi connectivity index (χ1) is 12.5. The zero-order chi connectivity index (χ0) is 18.5. The van der Waals surface area contributed by atoms with Crippen LogP contribution >= 0.6 is 23.2 Å². The Bertz CT molecular complexity index is 935. The summed E-state index contributed by atoms with van der Waals surface area (Å²) in [4.78, 5) is 20.3. The van der Waals surface area contributed by atoms with Gasteiger partial charge in [-0.3, -0.25) is 4.79 Å². The number of hydrogen-bond donors (Lipinski definition) is 2. The number of benzene rings is 2. The van der Waals surface area contributed by atoms with Gasteiger partial charge in [0, 0.05) is 23.3 Å². The predicted octanol–water partition coefficient (Wildman–Crippen LogP) is 4.60. The summed E-state index contributed by atoms with van der Waals surface area (Å²) in [7, 11) is 0. The van der Waals surface area contributed by atoms with Crippen molar-refractivity contribution in [2.24, 2.45) is 0 Å². The fourth-order valence-electron chi connectivity index (χ4n) is 2.15. The molecule has 1 heterocycles. The van der Waals surface area contributed by atoms with E-state index in [0.29, 0.717) is 23.1 Å². The Labute approximate surface area is 159 Å². The number of carbonyl (C=O) groups excluding carboxylic acids is 1. The summed E-state index contributed by atoms with van der Waals surface area (Å²) in [6, 6.07) is 12.8. The lowest BCUT2D eigenvalue weighted by Gasteiger charge is -2.08. The lowest BCUT2D eigenvalue weighted by Crippen LogP contribution is -2.24. The van der Waals surface area contributed by atoms with E-state index >= 15 is 0 Å². The van der Waals surface area contributed by atoms with E-state index in [4.69, 9.17) is 23.2 Å². The van der Waals surface area contributed by atoms with Gasteiger partial charge in [-0.25, -0.2) is 14.4 Å². The molecule has 26 heavy (non-hydrogen) atoms. The highest BCUT2D eigenvalue weighted by atomic mass is 35.5. The number of halogens is 3. The van der Waals surface area contributed by atoms with Gasteiger partial charge >= 0.3 is 0 Å². The van der Waals surface area contributed by atoms with Crippen molar-refractivity contribution in [2.45, 2.75) is 6.54 Å². The minimum atomic E-state index is -0.512. The number of hydrogen-bond acceptors (Lipinski definition) is 4. The van der Waals surface area contributed by atoms with Gasteiger partial charge in [0.2, 0.25) is 0 Å². The third-order valence-corrected chi connectivity index (χ3v) is 4.00. The molecule has 2 aromatic carbocycles. The molecule has 0 bridgehead atoms. The highest BCUT2D eigenvalue weighted by Gasteiger charge is 2.09. The zero-order valence-electron chi connectivity index (χ0n) is 13.3. The Morgan fingerprint density at radius 3 is 2.54 bits per heavy atom. The van der Waals surface area contributed by atoms with Crippen molar-refractivity contribution in [3.63, 3.8) is 0 Å². The molecule has 0 aliphatic carbocycles. The first kappa shape index (κ1) is 18.1. The zero-order valence-corrected chi connectivity index (χ0v) is 14.9. The Morgan fingerprint density at radius 2 is 1.81 bits per heavy atom. The van der Waals surface area contributed by atoms with Gasteiger partial charge in [-0.2, -0.15) is 0 Å². The Balaban J connectivity index is 1.66. The third kappa shape index (κ3) is 4.68. The van der Waals surface area contributed by atoms with Gasteiger partial charge in [0.05, 0.1) is 5.02 Å². The second-order valence-corrected chi connectivity index (χ2v) is 6.20. The maximum absolute atomic E-state index is 13.2. The van der Waals surface area contributed by atoms with Crippen LogP contribution in [-0.2, 0) is 6.54 Å². The molecule has 1 amide bonds. The second-order valence-electron chi connectivity index (χ2n) is 5.35. The van der Waals surface area contributed by atoms with Crippen molar-refractivity contribution in [3.8, 4) is 0 Å². The summed E-state index contributed by atoms with van der Waals surface area (Å²) in [6.07, 6.45) is 1.27. The topological polar surface area (TPSA) is 66.9 Å². The van der Waals surface area contributed by atoms with E-state index in [0.717, 1.165) is 5.56 Å². The smallest absolute Gasteiger partial charge is 0.270 e. The lowest BCUT2D eigenvalue weighted by molar-refractivity contribution is 0.0946. The highest BCUT2D eigenvalue weighted by molar-refractivity contribution is 6.31. The largest absolute Gasteiger partial charge is 0.347 e. The van der Waals surface area contributed by atoms with Crippen LogP contribution in [0.4, 0.5) is 15.9 Å². The fraction of sp³-hybridized carbons (Fsp3) is 0.0556.